The molecule has 0 spiro atoms. The predicted octanol–water partition coefficient (Wildman–Crippen LogP) is 3.07. The van der Waals surface area contributed by atoms with Crippen LogP contribution >= 0.6 is 12.4 Å². The molecule has 0 aromatic heterocycles. The molecule has 0 fully saturated rings. The average Bonchev–Trinajstić information content (AvgIpc) is 2.60. The number of benzene rings is 2. The molecule has 0 unspecified atom stereocenters. The van der Waals surface area contributed by atoms with Gasteiger partial charge in [0.15, 0.2) is 23.0 Å². The number of hydrogen-bond donors (Lipinski definition) is 2. The fourth-order valence-electron chi connectivity index (χ4n) is 2.06. The minimum absolute atomic E-state index is 0. The summed E-state index contributed by atoms with van der Waals surface area (Å²) in [7, 11) is 3.00. The Morgan fingerprint density at radius 1 is 0.808 bits per heavy atom. The van der Waals surface area contributed by atoms with Gasteiger partial charge in [0, 0.05) is 40.6 Å². The largest absolute Gasteiger partial charge is 0.504 e. The van der Waals surface area contributed by atoms with Crippen LogP contribution in [-0.4, -0.2) is 50.0 Å². The normalized spacial score (nSPS) is 10.4. The standard InChI is InChI=1S/C18H20N2O4.ClH.Mn/c1-23-15-7-3-5-13(17(15)21)11-19-9-10-20-12-14-6-4-8-16(24-2)18(14)22;;/h3-8,11-12,21-22H,9-10H2,1-2H3;1H;. The van der Waals surface area contributed by atoms with Gasteiger partial charge in [-0.05, 0) is 24.3 Å². The molecule has 26 heavy (non-hydrogen) atoms. The van der Waals surface area contributed by atoms with Crippen LogP contribution in [0.2, 0.25) is 0 Å². The second-order valence-electron chi connectivity index (χ2n) is 4.87. The van der Waals surface area contributed by atoms with E-state index in [0.717, 1.165) is 0 Å². The van der Waals surface area contributed by atoms with Crippen LogP contribution in [-0.2, 0) is 17.1 Å². The summed E-state index contributed by atoms with van der Waals surface area (Å²) in [5, 5.41) is 19.9. The second-order valence-corrected chi connectivity index (χ2v) is 4.87. The molecule has 2 aromatic carbocycles. The Hall–Kier alpha value is -2.21. The number of rotatable bonds is 7. The first-order valence-electron chi connectivity index (χ1n) is 7.39. The quantitative estimate of drug-likeness (QED) is 0.410. The molecule has 0 aliphatic carbocycles. The van der Waals surface area contributed by atoms with Crippen LogP contribution in [0.5, 0.6) is 23.0 Å². The topological polar surface area (TPSA) is 83.6 Å². The maximum Gasteiger partial charge on any atom is 0.166 e. The predicted molar refractivity (Wildman–Crippen MR) is 101 cm³/mol. The van der Waals surface area contributed by atoms with Crippen LogP contribution in [0.15, 0.2) is 46.4 Å². The van der Waals surface area contributed by atoms with E-state index in [1.807, 2.05) is 0 Å². The zero-order chi connectivity index (χ0) is 17.4. The average molecular weight is 420 g/mol. The molecular formula is C18H21ClMnN2O4. The Morgan fingerprint density at radius 3 is 1.54 bits per heavy atom. The maximum absolute atomic E-state index is 9.93. The van der Waals surface area contributed by atoms with Crippen molar-refractivity contribution in [3.8, 4) is 23.0 Å². The number of para-hydroxylation sites is 2. The fraction of sp³-hybridized carbons (Fsp3) is 0.222. The van der Waals surface area contributed by atoms with Gasteiger partial charge in [-0.3, -0.25) is 9.98 Å². The zero-order valence-electron chi connectivity index (χ0n) is 14.4. The second kappa shape index (κ2) is 12.2. The van der Waals surface area contributed by atoms with Gasteiger partial charge in [0.25, 0.3) is 0 Å². The van der Waals surface area contributed by atoms with E-state index in [4.69, 9.17) is 9.47 Å². The molecule has 2 rings (SSSR count). The van der Waals surface area contributed by atoms with Crippen molar-refractivity contribution in [1.82, 2.24) is 0 Å². The molecule has 141 valence electrons. The summed E-state index contributed by atoms with van der Waals surface area (Å²) in [5.41, 5.74) is 1.17. The van der Waals surface area contributed by atoms with Gasteiger partial charge in [-0.15, -0.1) is 12.4 Å². The molecule has 0 saturated heterocycles. The molecule has 0 atom stereocenters. The first kappa shape index (κ1) is 23.8. The molecular weight excluding hydrogens is 399 g/mol. The van der Waals surface area contributed by atoms with Crippen LogP contribution in [0.1, 0.15) is 11.1 Å². The van der Waals surface area contributed by atoms with Gasteiger partial charge in [0.2, 0.25) is 0 Å². The van der Waals surface area contributed by atoms with Gasteiger partial charge in [-0.2, -0.15) is 0 Å². The van der Waals surface area contributed by atoms with Crippen LogP contribution in [0.25, 0.3) is 0 Å². The summed E-state index contributed by atoms with van der Waals surface area (Å²) in [6, 6.07) is 10.4. The third-order valence-electron chi connectivity index (χ3n) is 3.32. The zero-order valence-corrected chi connectivity index (χ0v) is 16.4. The number of methoxy groups -OCH3 is 2. The number of hydrogen-bond acceptors (Lipinski definition) is 6. The molecule has 6 nitrogen and oxygen atoms in total. The Labute approximate surface area is 169 Å². The number of phenols is 2. The third-order valence-corrected chi connectivity index (χ3v) is 3.32. The Morgan fingerprint density at radius 2 is 1.19 bits per heavy atom. The van der Waals surface area contributed by atoms with Gasteiger partial charge >= 0.3 is 0 Å². The van der Waals surface area contributed by atoms with Gasteiger partial charge in [-0.1, -0.05) is 12.1 Å². The molecule has 1 radical (unpaired) electrons. The minimum atomic E-state index is 0. The summed E-state index contributed by atoms with van der Waals surface area (Å²) in [5.74, 6) is 0.943. The summed E-state index contributed by atoms with van der Waals surface area (Å²) >= 11 is 0. The van der Waals surface area contributed by atoms with Gasteiger partial charge in [-0.25, -0.2) is 0 Å². The van der Waals surface area contributed by atoms with E-state index in [2.05, 4.69) is 9.98 Å². The van der Waals surface area contributed by atoms with Crippen molar-refractivity contribution < 1.29 is 36.8 Å². The van der Waals surface area contributed by atoms with E-state index in [9.17, 15) is 10.2 Å². The van der Waals surface area contributed by atoms with Crippen molar-refractivity contribution in [2.45, 2.75) is 0 Å². The van der Waals surface area contributed by atoms with E-state index in [-0.39, 0.29) is 41.0 Å². The number of phenolic OH excluding ortho intramolecular Hbond substituents is 2. The first-order valence-corrected chi connectivity index (χ1v) is 7.39. The third kappa shape index (κ3) is 6.26. The van der Waals surface area contributed by atoms with E-state index in [1.165, 1.54) is 14.2 Å². The van der Waals surface area contributed by atoms with Crippen molar-refractivity contribution in [2.75, 3.05) is 27.3 Å². The van der Waals surface area contributed by atoms with Crippen molar-refractivity contribution in [1.29, 1.82) is 0 Å². The smallest absolute Gasteiger partial charge is 0.166 e. The molecule has 0 aliphatic heterocycles. The fourth-order valence-corrected chi connectivity index (χ4v) is 2.06. The molecule has 2 aromatic rings. The summed E-state index contributed by atoms with van der Waals surface area (Å²) in [6.07, 6.45) is 3.16. The van der Waals surface area contributed by atoms with E-state index in [1.54, 1.807) is 48.8 Å². The molecule has 2 N–H and O–H groups in total. The molecule has 0 amide bonds. The van der Waals surface area contributed by atoms with Crippen LogP contribution in [0.3, 0.4) is 0 Å². The van der Waals surface area contributed by atoms with Gasteiger partial charge in [0.1, 0.15) is 0 Å². The van der Waals surface area contributed by atoms with E-state index < -0.39 is 0 Å². The van der Waals surface area contributed by atoms with Gasteiger partial charge in [0.05, 0.1) is 27.3 Å². The van der Waals surface area contributed by atoms with Crippen LogP contribution in [0, 0.1) is 0 Å². The summed E-state index contributed by atoms with van der Waals surface area (Å²) in [4.78, 5) is 8.45. The van der Waals surface area contributed by atoms with Crippen molar-refractivity contribution in [3.63, 3.8) is 0 Å². The van der Waals surface area contributed by atoms with Gasteiger partial charge < -0.3 is 19.7 Å². The van der Waals surface area contributed by atoms with E-state index in [0.29, 0.717) is 35.7 Å². The van der Waals surface area contributed by atoms with Crippen LogP contribution < -0.4 is 9.47 Å². The first-order chi connectivity index (χ1) is 11.7. The SMILES string of the molecule is COc1cccc(C=NCCN=Cc2cccc(OC)c2O)c1O.Cl.[Mn]. The monoisotopic (exact) mass is 419 g/mol. The summed E-state index contributed by atoms with van der Waals surface area (Å²) in [6.45, 7) is 0.912. The Bertz CT molecular complexity index is 690. The van der Waals surface area contributed by atoms with Crippen LogP contribution in [0.4, 0.5) is 0 Å². The molecule has 0 aliphatic rings. The number of aromatic hydroxyl groups is 2. The maximum atomic E-state index is 9.93. The molecule has 8 heteroatoms. The van der Waals surface area contributed by atoms with E-state index >= 15 is 0 Å². The minimum Gasteiger partial charge on any atom is -0.504 e. The summed E-state index contributed by atoms with van der Waals surface area (Å²) < 4.78 is 10.1. The Balaban J connectivity index is 0.00000312. The number of aliphatic imine (C=N–C) groups is 2. The molecule has 0 bridgehead atoms. The molecule has 0 heterocycles. The van der Waals surface area contributed by atoms with Crippen molar-refractivity contribution >= 4 is 24.8 Å². The van der Waals surface area contributed by atoms with Crippen molar-refractivity contribution in [3.05, 3.63) is 47.5 Å². The molecule has 0 saturated carbocycles. The number of nitrogens with zero attached hydrogens (tertiary/aromatic N) is 2. The number of halogens is 1. The van der Waals surface area contributed by atoms with Crippen molar-refractivity contribution in [2.24, 2.45) is 9.98 Å². The Kier molecular flexibility index (Phi) is 11.2. The number of ether oxygens (including phenoxy) is 2.